The average molecular weight is 235 g/mol. The summed E-state index contributed by atoms with van der Waals surface area (Å²) in [7, 11) is 1.35. The van der Waals surface area contributed by atoms with Crippen molar-refractivity contribution in [2.24, 2.45) is 0 Å². The van der Waals surface area contributed by atoms with Gasteiger partial charge in [0.25, 0.3) is 0 Å². The Kier molecular flexibility index (Phi) is 3.16. The Balaban J connectivity index is 2.10. The zero-order valence-electron chi connectivity index (χ0n) is 8.54. The van der Waals surface area contributed by atoms with Crippen LogP contribution < -0.4 is 4.74 Å². The summed E-state index contributed by atoms with van der Waals surface area (Å²) in [5.74, 6) is 0.307. The van der Waals surface area contributed by atoms with Crippen LogP contribution in [0.15, 0.2) is 36.0 Å². The summed E-state index contributed by atoms with van der Waals surface area (Å²) in [6, 6.07) is 6.74. The van der Waals surface area contributed by atoms with E-state index in [2.05, 4.69) is 9.72 Å². The molecular formula is C11H9NO3S. The summed E-state index contributed by atoms with van der Waals surface area (Å²) in [5, 5.41) is 0.714. The van der Waals surface area contributed by atoms with Crippen molar-refractivity contribution < 1.29 is 14.3 Å². The van der Waals surface area contributed by atoms with Crippen LogP contribution in [0, 0.1) is 0 Å². The van der Waals surface area contributed by atoms with E-state index in [0.29, 0.717) is 16.4 Å². The van der Waals surface area contributed by atoms with Gasteiger partial charge in [-0.05, 0) is 24.3 Å². The lowest BCUT2D eigenvalue weighted by molar-refractivity contribution is 0.0600. The Labute approximate surface area is 96.5 Å². The quantitative estimate of drug-likeness (QED) is 0.767. The van der Waals surface area contributed by atoms with Gasteiger partial charge in [0.05, 0.1) is 24.4 Å². The molecule has 0 atom stereocenters. The van der Waals surface area contributed by atoms with Crippen LogP contribution in [-0.2, 0) is 4.74 Å². The largest absolute Gasteiger partial charge is 0.465 e. The molecule has 4 nitrogen and oxygen atoms in total. The third kappa shape index (κ3) is 2.38. The Hall–Kier alpha value is -1.88. The summed E-state index contributed by atoms with van der Waals surface area (Å²) in [4.78, 5) is 15.1. The van der Waals surface area contributed by atoms with E-state index in [-0.39, 0.29) is 5.97 Å². The SMILES string of the molecule is COC(=O)c1ccc(Oc2cncs2)cc1. The molecular weight excluding hydrogens is 226 g/mol. The van der Waals surface area contributed by atoms with Gasteiger partial charge in [-0.2, -0.15) is 0 Å². The third-order valence-electron chi connectivity index (χ3n) is 1.90. The average Bonchev–Trinajstić information content (AvgIpc) is 2.82. The molecule has 0 aliphatic carbocycles. The number of hydrogen-bond acceptors (Lipinski definition) is 5. The molecule has 1 aromatic heterocycles. The molecule has 82 valence electrons. The Bertz CT molecular complexity index is 464. The third-order valence-corrected chi connectivity index (χ3v) is 2.55. The maximum atomic E-state index is 11.2. The Morgan fingerprint density at radius 1 is 1.31 bits per heavy atom. The number of nitrogens with zero attached hydrogens (tertiary/aromatic N) is 1. The number of carbonyl (C=O) groups excluding carboxylic acids is 1. The van der Waals surface area contributed by atoms with Crippen LogP contribution in [-0.4, -0.2) is 18.1 Å². The molecule has 0 unspecified atom stereocenters. The number of esters is 1. The number of methoxy groups -OCH3 is 1. The maximum absolute atomic E-state index is 11.2. The van der Waals surface area contributed by atoms with Gasteiger partial charge in [-0.15, -0.1) is 0 Å². The fourth-order valence-electron chi connectivity index (χ4n) is 1.15. The van der Waals surface area contributed by atoms with Crippen LogP contribution in [0.1, 0.15) is 10.4 Å². The van der Waals surface area contributed by atoms with E-state index in [0.717, 1.165) is 0 Å². The van der Waals surface area contributed by atoms with Crippen LogP contribution in [0.3, 0.4) is 0 Å². The zero-order chi connectivity index (χ0) is 11.4. The van der Waals surface area contributed by atoms with Gasteiger partial charge < -0.3 is 9.47 Å². The highest BCUT2D eigenvalue weighted by atomic mass is 32.1. The number of carbonyl (C=O) groups is 1. The minimum Gasteiger partial charge on any atom is -0.465 e. The van der Waals surface area contributed by atoms with Gasteiger partial charge in [-0.1, -0.05) is 11.3 Å². The molecule has 1 heterocycles. The summed E-state index contributed by atoms with van der Waals surface area (Å²) < 4.78 is 10.1. The number of benzene rings is 1. The van der Waals surface area contributed by atoms with E-state index in [9.17, 15) is 4.79 Å². The van der Waals surface area contributed by atoms with Gasteiger partial charge in [0.15, 0.2) is 0 Å². The number of rotatable bonds is 3. The first kappa shape index (κ1) is 10.6. The molecule has 0 aliphatic heterocycles. The maximum Gasteiger partial charge on any atom is 0.337 e. The molecule has 16 heavy (non-hydrogen) atoms. The van der Waals surface area contributed by atoms with E-state index in [1.807, 2.05) is 0 Å². The second kappa shape index (κ2) is 4.76. The number of thiazole rings is 1. The lowest BCUT2D eigenvalue weighted by Crippen LogP contribution is -2.00. The van der Waals surface area contributed by atoms with Crippen molar-refractivity contribution in [2.45, 2.75) is 0 Å². The second-order valence-corrected chi connectivity index (χ2v) is 3.79. The molecule has 0 aliphatic rings. The summed E-state index contributed by atoms with van der Waals surface area (Å²) in [6.45, 7) is 0. The molecule has 0 saturated heterocycles. The van der Waals surface area contributed by atoms with Crippen molar-refractivity contribution >= 4 is 17.3 Å². The topological polar surface area (TPSA) is 48.4 Å². The van der Waals surface area contributed by atoms with Crippen molar-refractivity contribution in [3.8, 4) is 10.8 Å². The Morgan fingerprint density at radius 2 is 2.06 bits per heavy atom. The van der Waals surface area contributed by atoms with Gasteiger partial charge in [-0.25, -0.2) is 9.78 Å². The van der Waals surface area contributed by atoms with Crippen LogP contribution in [0.2, 0.25) is 0 Å². The van der Waals surface area contributed by atoms with Gasteiger partial charge in [0.1, 0.15) is 5.75 Å². The van der Waals surface area contributed by atoms with Gasteiger partial charge in [0, 0.05) is 0 Å². The summed E-state index contributed by atoms with van der Waals surface area (Å²) in [5.41, 5.74) is 2.19. The van der Waals surface area contributed by atoms with Crippen molar-refractivity contribution in [2.75, 3.05) is 7.11 Å². The lowest BCUT2D eigenvalue weighted by atomic mass is 10.2. The van der Waals surface area contributed by atoms with Gasteiger partial charge in [0.2, 0.25) is 5.06 Å². The molecule has 0 fully saturated rings. The van der Waals surface area contributed by atoms with E-state index < -0.39 is 0 Å². The first-order valence-electron chi connectivity index (χ1n) is 4.54. The molecule has 0 saturated carbocycles. The minimum atomic E-state index is -0.357. The molecule has 0 amide bonds. The van der Waals surface area contributed by atoms with Crippen molar-refractivity contribution in [1.82, 2.24) is 4.98 Å². The smallest absolute Gasteiger partial charge is 0.337 e. The number of ether oxygens (including phenoxy) is 2. The highest BCUT2D eigenvalue weighted by molar-refractivity contribution is 7.11. The van der Waals surface area contributed by atoms with Crippen molar-refractivity contribution in [3.05, 3.63) is 41.5 Å². The predicted molar refractivity (Wildman–Crippen MR) is 60.0 cm³/mol. The molecule has 0 radical (unpaired) electrons. The van der Waals surface area contributed by atoms with Gasteiger partial charge in [-0.3, -0.25) is 0 Å². The highest BCUT2D eigenvalue weighted by Crippen LogP contribution is 2.24. The van der Waals surface area contributed by atoms with Crippen LogP contribution >= 0.6 is 11.3 Å². The first-order valence-corrected chi connectivity index (χ1v) is 5.42. The molecule has 2 rings (SSSR count). The minimum absolute atomic E-state index is 0.357. The van der Waals surface area contributed by atoms with Crippen molar-refractivity contribution in [1.29, 1.82) is 0 Å². The zero-order valence-corrected chi connectivity index (χ0v) is 9.36. The van der Waals surface area contributed by atoms with Gasteiger partial charge >= 0.3 is 5.97 Å². The van der Waals surface area contributed by atoms with Crippen LogP contribution in [0.4, 0.5) is 0 Å². The number of hydrogen-bond donors (Lipinski definition) is 0. The predicted octanol–water partition coefficient (Wildman–Crippen LogP) is 2.72. The first-order chi connectivity index (χ1) is 7.79. The van der Waals surface area contributed by atoms with Crippen LogP contribution in [0.25, 0.3) is 0 Å². The molecule has 5 heteroatoms. The highest BCUT2D eigenvalue weighted by Gasteiger charge is 2.05. The standard InChI is InChI=1S/C11H9NO3S/c1-14-11(13)8-2-4-9(5-3-8)15-10-6-12-7-16-10/h2-7H,1H3. The van der Waals surface area contributed by atoms with E-state index in [4.69, 9.17) is 4.74 Å². The molecule has 2 aromatic rings. The van der Waals surface area contributed by atoms with Crippen LogP contribution in [0.5, 0.6) is 10.8 Å². The van der Waals surface area contributed by atoms with E-state index in [1.165, 1.54) is 18.4 Å². The summed E-state index contributed by atoms with van der Waals surface area (Å²) >= 11 is 1.41. The lowest BCUT2D eigenvalue weighted by Gasteiger charge is -2.03. The summed E-state index contributed by atoms with van der Waals surface area (Å²) in [6.07, 6.45) is 1.64. The normalized spacial score (nSPS) is 9.81. The fourth-order valence-corrected chi connectivity index (χ4v) is 1.64. The fraction of sp³-hybridized carbons (Fsp3) is 0.0909. The monoisotopic (exact) mass is 235 g/mol. The second-order valence-electron chi connectivity index (χ2n) is 2.94. The van der Waals surface area contributed by atoms with E-state index >= 15 is 0 Å². The number of aromatic nitrogens is 1. The molecule has 0 N–H and O–H groups in total. The molecule has 1 aromatic carbocycles. The Morgan fingerprint density at radius 3 is 2.62 bits per heavy atom. The molecule has 0 spiro atoms. The van der Waals surface area contributed by atoms with E-state index in [1.54, 1.807) is 36.0 Å². The van der Waals surface area contributed by atoms with Crippen molar-refractivity contribution in [3.63, 3.8) is 0 Å². The molecule has 0 bridgehead atoms.